The topological polar surface area (TPSA) is 18.5 Å². The van der Waals surface area contributed by atoms with Crippen LogP contribution < -0.4 is 0 Å². The Morgan fingerprint density at radius 1 is 1.18 bits per heavy atom. The van der Waals surface area contributed by atoms with Crippen LogP contribution in [0.25, 0.3) is 0 Å². The Bertz CT molecular complexity index is 422. The predicted octanol–water partition coefficient (Wildman–Crippen LogP) is 5.90. The number of fused-ring (bicyclic) bond motifs is 1. The Morgan fingerprint density at radius 2 is 1.82 bits per heavy atom. The molecule has 0 bridgehead atoms. The maximum absolute atomic E-state index is 6.61. The van der Waals surface area contributed by atoms with E-state index < -0.39 is 8.32 Å². The van der Waals surface area contributed by atoms with E-state index in [0.717, 1.165) is 6.42 Å². The van der Waals surface area contributed by atoms with Crippen molar-refractivity contribution in [1.29, 1.82) is 0 Å². The minimum atomic E-state index is -1.71. The summed E-state index contributed by atoms with van der Waals surface area (Å²) in [6.07, 6.45) is 10.3. The van der Waals surface area contributed by atoms with Gasteiger partial charge in [-0.2, -0.15) is 0 Å². The fourth-order valence-electron chi connectivity index (χ4n) is 3.87. The lowest BCUT2D eigenvalue weighted by molar-refractivity contribution is -0.0366. The molecule has 0 amide bonds. The molecule has 2 aliphatic carbocycles. The van der Waals surface area contributed by atoms with Crippen molar-refractivity contribution in [3.8, 4) is 0 Å². The molecule has 2 rings (SSSR count). The first-order chi connectivity index (χ1) is 10.1. The van der Waals surface area contributed by atoms with Crippen LogP contribution in [0.3, 0.4) is 0 Å². The minimum Gasteiger partial charge on any atom is -0.547 e. The molecule has 0 aromatic carbocycles. The molecule has 3 heteroatoms. The van der Waals surface area contributed by atoms with E-state index in [4.69, 9.17) is 9.16 Å². The Labute approximate surface area is 138 Å². The summed E-state index contributed by atoms with van der Waals surface area (Å²) in [4.78, 5) is 0. The van der Waals surface area contributed by atoms with Gasteiger partial charge in [-0.25, -0.2) is 0 Å². The molecule has 1 fully saturated rings. The molecule has 3 atom stereocenters. The van der Waals surface area contributed by atoms with E-state index >= 15 is 0 Å². The normalized spacial score (nSPS) is 33.7. The third kappa shape index (κ3) is 3.45. The van der Waals surface area contributed by atoms with Crippen LogP contribution in [0.1, 0.15) is 66.2 Å². The van der Waals surface area contributed by atoms with E-state index in [1.807, 2.05) is 7.11 Å². The van der Waals surface area contributed by atoms with Crippen molar-refractivity contribution in [2.45, 2.75) is 90.5 Å². The van der Waals surface area contributed by atoms with Gasteiger partial charge in [0.25, 0.3) is 0 Å². The summed E-state index contributed by atoms with van der Waals surface area (Å²) in [6.45, 7) is 14.1. The highest BCUT2D eigenvalue weighted by molar-refractivity contribution is 6.74. The van der Waals surface area contributed by atoms with Crippen LogP contribution in [-0.2, 0) is 9.16 Å². The lowest BCUT2D eigenvalue weighted by Crippen LogP contribution is -2.44. The molecule has 0 aromatic heterocycles. The molecule has 0 radical (unpaired) electrons. The number of ether oxygens (including phenoxy) is 1. The number of hydrogen-bond acceptors (Lipinski definition) is 2. The molecule has 2 nitrogen and oxygen atoms in total. The molecular weight excluding hydrogens is 288 g/mol. The molecular formula is C19H36O2Si. The standard InChI is InChI=1S/C19H36O2Si/c1-18(2,3)22(6,7)21-16-12-13-19(4)15(14-16)10-8-9-11-17(19)20-5/h14-15,17H,8-13H2,1-7H3/t15-,17-,19-/m0/s1. The second kappa shape index (κ2) is 6.31. The van der Waals surface area contributed by atoms with Crippen LogP contribution >= 0.6 is 0 Å². The summed E-state index contributed by atoms with van der Waals surface area (Å²) in [5.74, 6) is 1.89. The Kier molecular flexibility index (Phi) is 5.18. The molecule has 2 aliphatic rings. The summed E-state index contributed by atoms with van der Waals surface area (Å²) in [5.41, 5.74) is 0.297. The van der Waals surface area contributed by atoms with Crippen LogP contribution in [0, 0.1) is 11.3 Å². The zero-order chi connectivity index (χ0) is 16.6. The first kappa shape index (κ1) is 18.1. The Morgan fingerprint density at radius 3 is 2.41 bits per heavy atom. The monoisotopic (exact) mass is 324 g/mol. The van der Waals surface area contributed by atoms with Crippen molar-refractivity contribution in [3.05, 3.63) is 11.8 Å². The summed E-state index contributed by atoms with van der Waals surface area (Å²) < 4.78 is 12.5. The summed E-state index contributed by atoms with van der Waals surface area (Å²) in [6, 6.07) is 0. The second-order valence-electron chi connectivity index (χ2n) is 9.12. The largest absolute Gasteiger partial charge is 0.547 e. The van der Waals surface area contributed by atoms with Gasteiger partial charge in [-0.15, -0.1) is 0 Å². The first-order valence-corrected chi connectivity index (χ1v) is 11.9. The van der Waals surface area contributed by atoms with E-state index in [1.54, 1.807) is 0 Å². The average Bonchev–Trinajstić information content (AvgIpc) is 2.56. The maximum Gasteiger partial charge on any atom is 0.250 e. The van der Waals surface area contributed by atoms with E-state index in [0.29, 0.717) is 17.4 Å². The van der Waals surface area contributed by atoms with Crippen LogP contribution in [0.2, 0.25) is 18.1 Å². The van der Waals surface area contributed by atoms with Gasteiger partial charge >= 0.3 is 0 Å². The third-order valence-corrected chi connectivity index (χ3v) is 11.0. The van der Waals surface area contributed by atoms with Crippen LogP contribution in [0.5, 0.6) is 0 Å². The van der Waals surface area contributed by atoms with Crippen molar-refractivity contribution in [1.82, 2.24) is 0 Å². The van der Waals surface area contributed by atoms with E-state index in [2.05, 4.69) is 46.9 Å². The van der Waals surface area contributed by atoms with E-state index in [1.165, 1.54) is 37.9 Å². The summed E-state index contributed by atoms with van der Waals surface area (Å²) in [7, 11) is 0.182. The van der Waals surface area contributed by atoms with Gasteiger partial charge in [0.15, 0.2) is 0 Å². The summed E-state index contributed by atoms with van der Waals surface area (Å²) >= 11 is 0. The molecule has 0 aromatic rings. The average molecular weight is 325 g/mol. The van der Waals surface area contributed by atoms with Crippen molar-refractivity contribution in [2.75, 3.05) is 7.11 Å². The second-order valence-corrected chi connectivity index (χ2v) is 13.8. The number of rotatable bonds is 3. The fourth-order valence-corrected chi connectivity index (χ4v) is 5.00. The van der Waals surface area contributed by atoms with Gasteiger partial charge in [0.2, 0.25) is 8.32 Å². The smallest absolute Gasteiger partial charge is 0.250 e. The van der Waals surface area contributed by atoms with Gasteiger partial charge < -0.3 is 9.16 Å². The molecule has 0 N–H and O–H groups in total. The van der Waals surface area contributed by atoms with Crippen molar-refractivity contribution in [3.63, 3.8) is 0 Å². The van der Waals surface area contributed by atoms with Crippen LogP contribution in [0.15, 0.2) is 11.8 Å². The molecule has 1 saturated carbocycles. The van der Waals surface area contributed by atoms with Gasteiger partial charge in [0, 0.05) is 18.9 Å². The SMILES string of the molecule is CO[C@H]1CCCC[C@H]2C=C(O[Si](C)(C)C(C)(C)C)CC[C@@]21C. The lowest BCUT2D eigenvalue weighted by Gasteiger charge is -2.45. The Hall–Kier alpha value is -0.283. The van der Waals surface area contributed by atoms with Gasteiger partial charge in [0.1, 0.15) is 0 Å². The van der Waals surface area contributed by atoms with Crippen molar-refractivity contribution < 1.29 is 9.16 Å². The van der Waals surface area contributed by atoms with Crippen LogP contribution in [-0.4, -0.2) is 21.5 Å². The minimum absolute atomic E-state index is 0.271. The van der Waals surface area contributed by atoms with Gasteiger partial charge in [-0.1, -0.05) is 40.5 Å². The predicted molar refractivity (Wildman–Crippen MR) is 96.5 cm³/mol. The van der Waals surface area contributed by atoms with Crippen molar-refractivity contribution >= 4 is 8.32 Å². The highest BCUT2D eigenvalue weighted by Crippen LogP contribution is 2.50. The maximum atomic E-state index is 6.61. The quantitative estimate of drug-likeness (QED) is 0.602. The summed E-state index contributed by atoms with van der Waals surface area (Å²) in [5, 5.41) is 0.271. The molecule has 0 heterocycles. The zero-order valence-electron chi connectivity index (χ0n) is 15.8. The fraction of sp³-hybridized carbons (Fsp3) is 0.895. The van der Waals surface area contributed by atoms with E-state index in [9.17, 15) is 0 Å². The van der Waals surface area contributed by atoms with Gasteiger partial charge in [0.05, 0.1) is 11.9 Å². The van der Waals surface area contributed by atoms with Crippen LogP contribution in [0.4, 0.5) is 0 Å². The number of hydrogen-bond donors (Lipinski definition) is 0. The highest BCUT2D eigenvalue weighted by atomic mass is 28.4. The molecule has 0 spiro atoms. The van der Waals surface area contributed by atoms with Crippen molar-refractivity contribution in [2.24, 2.45) is 11.3 Å². The third-order valence-electron chi connectivity index (χ3n) is 6.59. The molecule has 0 saturated heterocycles. The highest BCUT2D eigenvalue weighted by Gasteiger charge is 2.46. The number of allylic oxidation sites excluding steroid dienone is 2. The molecule has 22 heavy (non-hydrogen) atoms. The molecule has 0 unspecified atom stereocenters. The van der Waals surface area contributed by atoms with Gasteiger partial charge in [-0.3, -0.25) is 0 Å². The Balaban J connectivity index is 2.20. The number of methoxy groups -OCH3 is 1. The first-order valence-electron chi connectivity index (χ1n) is 9.03. The van der Waals surface area contributed by atoms with E-state index in [-0.39, 0.29) is 5.04 Å². The lowest BCUT2D eigenvalue weighted by atomic mass is 9.66. The molecule has 0 aliphatic heterocycles. The van der Waals surface area contributed by atoms with Gasteiger partial charge in [-0.05, 0) is 49.4 Å². The zero-order valence-corrected chi connectivity index (χ0v) is 16.8. The molecule has 128 valence electrons.